The van der Waals surface area contributed by atoms with Crippen LogP contribution in [-0.4, -0.2) is 37.7 Å². The van der Waals surface area contributed by atoms with Crippen molar-refractivity contribution in [2.75, 3.05) is 26.9 Å². The smallest absolute Gasteiger partial charge is 0.168 e. The fourth-order valence-electron chi connectivity index (χ4n) is 1.84. The maximum absolute atomic E-state index is 12.1. The molecule has 0 spiro atoms. The van der Waals surface area contributed by atoms with Crippen LogP contribution >= 0.6 is 11.3 Å². The van der Waals surface area contributed by atoms with Crippen LogP contribution in [0.3, 0.4) is 0 Å². The lowest BCUT2D eigenvalue weighted by Gasteiger charge is -2.01. The molecule has 1 aromatic heterocycles. The Labute approximate surface area is 128 Å². The molecule has 21 heavy (non-hydrogen) atoms. The SMILES string of the molecule is COCCOCCc1nc(CC(=O)c2ccccc2)cs1. The van der Waals surface area contributed by atoms with Crippen molar-refractivity contribution in [1.82, 2.24) is 4.98 Å². The van der Waals surface area contributed by atoms with E-state index in [0.29, 0.717) is 26.2 Å². The molecule has 5 heteroatoms. The predicted octanol–water partition coefficient (Wildman–Crippen LogP) is 2.77. The van der Waals surface area contributed by atoms with E-state index in [0.717, 1.165) is 22.7 Å². The zero-order valence-corrected chi connectivity index (χ0v) is 12.9. The zero-order chi connectivity index (χ0) is 14.9. The molecule has 4 nitrogen and oxygen atoms in total. The molecule has 0 N–H and O–H groups in total. The van der Waals surface area contributed by atoms with E-state index in [1.807, 2.05) is 35.7 Å². The fraction of sp³-hybridized carbons (Fsp3) is 0.375. The van der Waals surface area contributed by atoms with E-state index in [2.05, 4.69) is 4.98 Å². The number of thiazole rings is 1. The van der Waals surface area contributed by atoms with Gasteiger partial charge in [0.15, 0.2) is 5.78 Å². The third-order valence-corrected chi connectivity index (χ3v) is 3.89. The minimum atomic E-state index is 0.101. The van der Waals surface area contributed by atoms with Crippen molar-refractivity contribution in [1.29, 1.82) is 0 Å². The summed E-state index contributed by atoms with van der Waals surface area (Å²) in [4.78, 5) is 16.6. The normalized spacial score (nSPS) is 10.7. The molecule has 112 valence electrons. The van der Waals surface area contributed by atoms with Gasteiger partial charge in [-0.2, -0.15) is 0 Å². The molecule has 0 unspecified atom stereocenters. The van der Waals surface area contributed by atoms with E-state index in [4.69, 9.17) is 9.47 Å². The number of carbonyl (C=O) groups is 1. The van der Waals surface area contributed by atoms with Gasteiger partial charge in [0.2, 0.25) is 0 Å². The maximum Gasteiger partial charge on any atom is 0.168 e. The predicted molar refractivity (Wildman–Crippen MR) is 83.0 cm³/mol. The van der Waals surface area contributed by atoms with Gasteiger partial charge < -0.3 is 9.47 Å². The van der Waals surface area contributed by atoms with Crippen LogP contribution < -0.4 is 0 Å². The largest absolute Gasteiger partial charge is 0.382 e. The first-order chi connectivity index (χ1) is 10.3. The lowest BCUT2D eigenvalue weighted by molar-refractivity contribution is 0.0722. The number of hydrogen-bond acceptors (Lipinski definition) is 5. The van der Waals surface area contributed by atoms with Crippen molar-refractivity contribution in [2.45, 2.75) is 12.8 Å². The number of benzene rings is 1. The van der Waals surface area contributed by atoms with Gasteiger partial charge in [0.05, 0.1) is 36.9 Å². The molecule has 0 atom stereocenters. The van der Waals surface area contributed by atoms with Crippen LogP contribution in [-0.2, 0) is 22.3 Å². The Bertz CT molecular complexity index is 554. The summed E-state index contributed by atoms with van der Waals surface area (Å²) in [7, 11) is 1.65. The van der Waals surface area contributed by atoms with E-state index in [1.165, 1.54) is 0 Å². The Kier molecular flexibility index (Phi) is 6.53. The molecule has 0 bridgehead atoms. The number of ether oxygens (including phenoxy) is 2. The molecular formula is C16H19NO3S. The topological polar surface area (TPSA) is 48.4 Å². The van der Waals surface area contributed by atoms with Crippen molar-refractivity contribution < 1.29 is 14.3 Å². The molecule has 0 fully saturated rings. The van der Waals surface area contributed by atoms with Crippen molar-refractivity contribution in [3.8, 4) is 0 Å². The highest BCUT2D eigenvalue weighted by molar-refractivity contribution is 7.09. The van der Waals surface area contributed by atoms with E-state index in [-0.39, 0.29) is 5.78 Å². The number of hydrogen-bond donors (Lipinski definition) is 0. The first kappa shape index (κ1) is 15.8. The van der Waals surface area contributed by atoms with Crippen molar-refractivity contribution in [3.63, 3.8) is 0 Å². The molecule has 1 aromatic carbocycles. The summed E-state index contributed by atoms with van der Waals surface area (Å²) in [6.07, 6.45) is 1.12. The molecule has 0 saturated carbocycles. The molecule has 2 aromatic rings. The third kappa shape index (κ3) is 5.38. The highest BCUT2D eigenvalue weighted by Crippen LogP contribution is 2.13. The maximum atomic E-state index is 12.1. The number of aromatic nitrogens is 1. The summed E-state index contributed by atoms with van der Waals surface area (Å²) >= 11 is 1.58. The van der Waals surface area contributed by atoms with Gasteiger partial charge >= 0.3 is 0 Å². The first-order valence-electron chi connectivity index (χ1n) is 6.88. The second-order valence-corrected chi connectivity index (χ2v) is 5.50. The average molecular weight is 305 g/mol. The number of carbonyl (C=O) groups excluding carboxylic acids is 1. The zero-order valence-electron chi connectivity index (χ0n) is 12.1. The van der Waals surface area contributed by atoms with Gasteiger partial charge in [-0.15, -0.1) is 11.3 Å². The molecule has 0 aliphatic rings. The van der Waals surface area contributed by atoms with E-state index in [1.54, 1.807) is 18.4 Å². The molecular weight excluding hydrogens is 286 g/mol. The molecule has 0 aliphatic heterocycles. The Morgan fingerprint density at radius 3 is 2.76 bits per heavy atom. The van der Waals surface area contributed by atoms with E-state index >= 15 is 0 Å². The Morgan fingerprint density at radius 1 is 1.19 bits per heavy atom. The van der Waals surface area contributed by atoms with Crippen LogP contribution in [0.25, 0.3) is 0 Å². The second-order valence-electron chi connectivity index (χ2n) is 4.55. The van der Waals surface area contributed by atoms with Crippen LogP contribution in [0, 0.1) is 0 Å². The van der Waals surface area contributed by atoms with Gasteiger partial charge in [-0.3, -0.25) is 4.79 Å². The standard InChI is InChI=1S/C16H19NO3S/c1-19-9-10-20-8-7-16-17-14(12-21-16)11-15(18)13-5-3-2-4-6-13/h2-6,12H,7-11H2,1H3. The van der Waals surface area contributed by atoms with Crippen molar-refractivity contribution >= 4 is 17.1 Å². The lowest BCUT2D eigenvalue weighted by atomic mass is 10.1. The molecule has 1 heterocycles. The minimum absolute atomic E-state index is 0.101. The van der Waals surface area contributed by atoms with Gasteiger partial charge in [0.25, 0.3) is 0 Å². The Morgan fingerprint density at radius 2 is 2.00 bits per heavy atom. The fourth-order valence-corrected chi connectivity index (χ4v) is 2.62. The summed E-state index contributed by atoms with van der Waals surface area (Å²) in [5.74, 6) is 0.101. The minimum Gasteiger partial charge on any atom is -0.382 e. The highest BCUT2D eigenvalue weighted by atomic mass is 32.1. The van der Waals surface area contributed by atoms with Crippen LogP contribution in [0.15, 0.2) is 35.7 Å². The van der Waals surface area contributed by atoms with E-state index in [9.17, 15) is 4.79 Å². The lowest BCUT2D eigenvalue weighted by Crippen LogP contribution is -2.06. The third-order valence-electron chi connectivity index (χ3n) is 2.93. The number of rotatable bonds is 9. The number of Topliss-reactive ketones (excluding diaryl/α,β-unsaturated/α-hetero) is 1. The Hall–Kier alpha value is -1.56. The summed E-state index contributed by atoms with van der Waals surface area (Å²) in [5, 5.41) is 2.95. The second kappa shape index (κ2) is 8.67. The average Bonchev–Trinajstić information content (AvgIpc) is 2.95. The number of methoxy groups -OCH3 is 1. The van der Waals surface area contributed by atoms with Gasteiger partial charge in [0, 0.05) is 24.5 Å². The summed E-state index contributed by atoms with van der Waals surface area (Å²) in [6, 6.07) is 9.31. The summed E-state index contributed by atoms with van der Waals surface area (Å²) in [5.41, 5.74) is 1.57. The highest BCUT2D eigenvalue weighted by Gasteiger charge is 2.09. The molecule has 0 aliphatic carbocycles. The first-order valence-corrected chi connectivity index (χ1v) is 7.76. The van der Waals surface area contributed by atoms with Crippen LogP contribution in [0.5, 0.6) is 0 Å². The molecule has 0 amide bonds. The van der Waals surface area contributed by atoms with Gasteiger partial charge in [-0.25, -0.2) is 4.98 Å². The molecule has 2 rings (SSSR count). The Balaban J connectivity index is 1.79. The van der Waals surface area contributed by atoms with Gasteiger partial charge in [-0.1, -0.05) is 30.3 Å². The summed E-state index contributed by atoms with van der Waals surface area (Å²) < 4.78 is 10.3. The van der Waals surface area contributed by atoms with Gasteiger partial charge in [-0.05, 0) is 0 Å². The monoisotopic (exact) mass is 305 g/mol. The van der Waals surface area contributed by atoms with Crippen molar-refractivity contribution in [3.05, 3.63) is 52.0 Å². The van der Waals surface area contributed by atoms with Crippen LogP contribution in [0.1, 0.15) is 21.1 Å². The summed E-state index contributed by atoms with van der Waals surface area (Å²) in [6.45, 7) is 1.83. The number of ketones is 1. The van der Waals surface area contributed by atoms with E-state index < -0.39 is 0 Å². The molecule has 0 saturated heterocycles. The van der Waals surface area contributed by atoms with Gasteiger partial charge in [0.1, 0.15) is 0 Å². The number of nitrogens with zero attached hydrogens (tertiary/aromatic N) is 1. The quantitative estimate of drug-likeness (QED) is 0.528. The molecule has 0 radical (unpaired) electrons. The van der Waals surface area contributed by atoms with Crippen LogP contribution in [0.4, 0.5) is 0 Å². The van der Waals surface area contributed by atoms with Crippen LogP contribution in [0.2, 0.25) is 0 Å². The van der Waals surface area contributed by atoms with Crippen molar-refractivity contribution in [2.24, 2.45) is 0 Å².